The van der Waals surface area contributed by atoms with Gasteiger partial charge in [0.1, 0.15) is 11.3 Å². The maximum Gasteiger partial charge on any atom is 0.317 e. The van der Waals surface area contributed by atoms with Gasteiger partial charge in [0.2, 0.25) is 0 Å². The molecule has 3 aromatic rings. The van der Waals surface area contributed by atoms with Gasteiger partial charge in [0.15, 0.2) is 5.82 Å². The number of nitrogens with zero attached hydrogens (tertiary/aromatic N) is 5. The second-order valence-corrected chi connectivity index (χ2v) is 8.43. The van der Waals surface area contributed by atoms with Crippen LogP contribution in [0.5, 0.6) is 0 Å². The molecule has 1 fully saturated rings. The van der Waals surface area contributed by atoms with Crippen LogP contribution in [0.3, 0.4) is 0 Å². The Morgan fingerprint density at radius 2 is 2.10 bits per heavy atom. The summed E-state index contributed by atoms with van der Waals surface area (Å²) in [6, 6.07) is 4.13. The first-order valence-corrected chi connectivity index (χ1v) is 11.0. The molecule has 3 aromatic heterocycles. The highest BCUT2D eigenvalue weighted by Crippen LogP contribution is 2.25. The lowest BCUT2D eigenvalue weighted by molar-refractivity contribution is 0.197. The number of thiophene rings is 1. The van der Waals surface area contributed by atoms with Gasteiger partial charge in [0.05, 0.1) is 12.2 Å². The second kappa shape index (κ2) is 9.40. The Morgan fingerprint density at radius 1 is 1.20 bits per heavy atom. The number of hydrogen-bond donors (Lipinski definition) is 1. The van der Waals surface area contributed by atoms with Crippen molar-refractivity contribution in [3.05, 3.63) is 39.7 Å². The van der Waals surface area contributed by atoms with Crippen molar-refractivity contribution < 1.29 is 13.8 Å². The number of rotatable bonds is 6. The van der Waals surface area contributed by atoms with E-state index in [0.29, 0.717) is 37.1 Å². The highest BCUT2D eigenvalue weighted by atomic mass is 32.1. The molecule has 1 aliphatic heterocycles. The topological polar surface area (TPSA) is 101 Å². The van der Waals surface area contributed by atoms with Crippen molar-refractivity contribution in [2.24, 2.45) is 0 Å². The van der Waals surface area contributed by atoms with E-state index in [1.807, 2.05) is 24.8 Å². The van der Waals surface area contributed by atoms with Gasteiger partial charge in [-0.2, -0.15) is 4.98 Å². The number of nitrogens with one attached hydrogen (secondary N) is 1. The predicted molar refractivity (Wildman–Crippen MR) is 112 cm³/mol. The molecule has 0 atom stereocenters. The fourth-order valence-electron chi connectivity index (χ4n) is 3.60. The van der Waals surface area contributed by atoms with E-state index in [-0.39, 0.29) is 6.03 Å². The molecule has 4 heterocycles. The van der Waals surface area contributed by atoms with Crippen molar-refractivity contribution in [3.63, 3.8) is 0 Å². The van der Waals surface area contributed by atoms with Gasteiger partial charge in [-0.3, -0.25) is 4.90 Å². The molecule has 1 aliphatic rings. The van der Waals surface area contributed by atoms with E-state index in [0.717, 1.165) is 43.7 Å². The summed E-state index contributed by atoms with van der Waals surface area (Å²) in [7, 11) is 0. The molecular weight excluding hydrogens is 404 g/mol. The zero-order valence-corrected chi connectivity index (χ0v) is 18.1. The number of amides is 2. The molecule has 0 unspecified atom stereocenters. The quantitative estimate of drug-likeness (QED) is 0.642. The van der Waals surface area contributed by atoms with E-state index in [9.17, 15) is 4.79 Å². The van der Waals surface area contributed by atoms with Gasteiger partial charge in [-0.1, -0.05) is 16.4 Å². The van der Waals surface area contributed by atoms with Crippen molar-refractivity contribution in [3.8, 4) is 11.5 Å². The van der Waals surface area contributed by atoms with E-state index < -0.39 is 0 Å². The summed E-state index contributed by atoms with van der Waals surface area (Å²) in [5.74, 6) is 1.72. The molecule has 0 bridgehead atoms. The largest absolute Gasteiger partial charge is 0.361 e. The Labute approximate surface area is 179 Å². The third-order valence-electron chi connectivity index (χ3n) is 5.18. The van der Waals surface area contributed by atoms with Crippen LogP contribution >= 0.6 is 11.3 Å². The lowest BCUT2D eigenvalue weighted by Crippen LogP contribution is -2.42. The molecule has 10 heteroatoms. The summed E-state index contributed by atoms with van der Waals surface area (Å²) in [4.78, 5) is 22.4. The minimum absolute atomic E-state index is 0.00802. The normalized spacial score (nSPS) is 15.3. The summed E-state index contributed by atoms with van der Waals surface area (Å²) in [6.07, 6.45) is 1.78. The molecule has 2 amide bonds. The molecule has 30 heavy (non-hydrogen) atoms. The Morgan fingerprint density at radius 3 is 2.87 bits per heavy atom. The van der Waals surface area contributed by atoms with Crippen molar-refractivity contribution in [1.29, 1.82) is 0 Å². The van der Waals surface area contributed by atoms with Gasteiger partial charge in [0.25, 0.3) is 5.89 Å². The number of carbonyl (C=O) groups excluding carboxylic acids is 1. The van der Waals surface area contributed by atoms with Gasteiger partial charge >= 0.3 is 6.03 Å². The van der Waals surface area contributed by atoms with Crippen LogP contribution in [0.25, 0.3) is 11.5 Å². The maximum absolute atomic E-state index is 12.5. The van der Waals surface area contributed by atoms with Crippen LogP contribution in [0, 0.1) is 13.8 Å². The SMILES string of the molecule is Cc1noc(C)c1-c1nc(CN2CCCN(C(=O)NCCc3cccs3)CC2)no1. The minimum Gasteiger partial charge on any atom is -0.361 e. The van der Waals surface area contributed by atoms with Crippen molar-refractivity contribution in [1.82, 2.24) is 30.4 Å². The maximum atomic E-state index is 12.5. The van der Waals surface area contributed by atoms with Gasteiger partial charge in [0, 0.05) is 37.6 Å². The van der Waals surface area contributed by atoms with E-state index >= 15 is 0 Å². The molecular formula is C20H26N6O3S. The first-order valence-electron chi connectivity index (χ1n) is 10.1. The molecule has 1 saturated heterocycles. The average molecular weight is 431 g/mol. The molecule has 0 spiro atoms. The molecule has 0 radical (unpaired) electrons. The molecule has 160 valence electrons. The molecule has 0 saturated carbocycles. The van der Waals surface area contributed by atoms with Gasteiger partial charge in [-0.15, -0.1) is 11.3 Å². The third-order valence-corrected chi connectivity index (χ3v) is 6.12. The van der Waals surface area contributed by atoms with Crippen LogP contribution in [0.2, 0.25) is 0 Å². The fraction of sp³-hybridized carbons (Fsp3) is 0.500. The molecule has 4 rings (SSSR count). The van der Waals surface area contributed by atoms with Gasteiger partial charge in [-0.25, -0.2) is 4.79 Å². The molecule has 0 aromatic carbocycles. The van der Waals surface area contributed by atoms with Gasteiger partial charge < -0.3 is 19.3 Å². The average Bonchev–Trinajstić information content (AvgIpc) is 3.43. The molecule has 1 N–H and O–H groups in total. The highest BCUT2D eigenvalue weighted by Gasteiger charge is 2.22. The smallest absolute Gasteiger partial charge is 0.317 e. The predicted octanol–water partition coefficient (Wildman–Crippen LogP) is 2.86. The Kier molecular flexibility index (Phi) is 6.44. The number of aromatic nitrogens is 3. The Bertz CT molecular complexity index is 948. The lowest BCUT2D eigenvalue weighted by Gasteiger charge is -2.21. The monoisotopic (exact) mass is 430 g/mol. The summed E-state index contributed by atoms with van der Waals surface area (Å²) in [5, 5.41) is 13.1. The van der Waals surface area contributed by atoms with Crippen LogP contribution in [-0.2, 0) is 13.0 Å². The Hall–Kier alpha value is -2.72. The number of hydrogen-bond acceptors (Lipinski definition) is 8. The van der Waals surface area contributed by atoms with E-state index in [1.54, 1.807) is 11.3 Å². The third kappa shape index (κ3) is 4.88. The zero-order valence-electron chi connectivity index (χ0n) is 17.3. The standard InChI is InChI=1S/C20H26N6O3S/c1-14-18(15(2)28-23-14)19-22-17(24-29-19)13-25-8-4-9-26(11-10-25)20(27)21-7-6-16-5-3-12-30-16/h3,5,12H,4,6-11,13H2,1-2H3,(H,21,27). The molecule has 0 aliphatic carbocycles. The fourth-order valence-corrected chi connectivity index (χ4v) is 4.31. The van der Waals surface area contributed by atoms with Crippen LogP contribution in [0.15, 0.2) is 26.6 Å². The van der Waals surface area contributed by atoms with Crippen LogP contribution in [0.1, 0.15) is 28.6 Å². The summed E-state index contributed by atoms with van der Waals surface area (Å²) >= 11 is 1.72. The summed E-state index contributed by atoms with van der Waals surface area (Å²) < 4.78 is 10.6. The zero-order chi connectivity index (χ0) is 20.9. The van der Waals surface area contributed by atoms with E-state index in [4.69, 9.17) is 9.05 Å². The van der Waals surface area contributed by atoms with Crippen LogP contribution < -0.4 is 5.32 Å². The van der Waals surface area contributed by atoms with E-state index in [2.05, 4.69) is 37.0 Å². The number of aryl methyl sites for hydroxylation is 2. The Balaban J connectivity index is 1.27. The van der Waals surface area contributed by atoms with Gasteiger partial charge in [-0.05, 0) is 38.1 Å². The lowest BCUT2D eigenvalue weighted by atomic mass is 10.2. The van der Waals surface area contributed by atoms with Crippen molar-refractivity contribution >= 4 is 17.4 Å². The van der Waals surface area contributed by atoms with E-state index in [1.165, 1.54) is 4.88 Å². The first-order chi connectivity index (χ1) is 14.6. The summed E-state index contributed by atoms with van der Waals surface area (Å²) in [6.45, 7) is 8.01. The minimum atomic E-state index is 0.00802. The number of urea groups is 1. The summed E-state index contributed by atoms with van der Waals surface area (Å²) in [5.41, 5.74) is 1.49. The highest BCUT2D eigenvalue weighted by molar-refractivity contribution is 7.09. The first kappa shape index (κ1) is 20.5. The van der Waals surface area contributed by atoms with Crippen molar-refractivity contribution in [2.75, 3.05) is 32.7 Å². The van der Waals surface area contributed by atoms with Crippen LogP contribution in [-0.4, -0.2) is 63.9 Å². The van der Waals surface area contributed by atoms with Crippen LogP contribution in [0.4, 0.5) is 4.79 Å². The second-order valence-electron chi connectivity index (χ2n) is 7.39. The number of carbonyl (C=O) groups is 1. The van der Waals surface area contributed by atoms with Crippen molar-refractivity contribution in [2.45, 2.75) is 33.2 Å². The molecule has 9 nitrogen and oxygen atoms in total.